The number of benzene rings is 2. The van der Waals surface area contributed by atoms with Gasteiger partial charge in [-0.1, -0.05) is 48.0 Å². The van der Waals surface area contributed by atoms with Gasteiger partial charge in [0.05, 0.1) is 0 Å². The summed E-state index contributed by atoms with van der Waals surface area (Å²) in [4.78, 5) is 14.4. The highest BCUT2D eigenvalue weighted by Crippen LogP contribution is 2.09. The van der Waals surface area contributed by atoms with Crippen LogP contribution in [0.5, 0.6) is 0 Å². The lowest BCUT2D eigenvalue weighted by molar-refractivity contribution is 0.0766. The second-order valence-electron chi connectivity index (χ2n) is 4.99. The highest BCUT2D eigenvalue weighted by Gasteiger charge is 2.13. The summed E-state index contributed by atoms with van der Waals surface area (Å²) in [6.07, 6.45) is 0.895. The average molecular weight is 267 g/mol. The zero-order valence-electron chi connectivity index (χ0n) is 12.2. The van der Waals surface area contributed by atoms with Gasteiger partial charge in [-0.3, -0.25) is 4.79 Å². The predicted octanol–water partition coefficient (Wildman–Crippen LogP) is 3.70. The molecule has 0 atom stereocenters. The molecule has 2 rings (SSSR count). The van der Waals surface area contributed by atoms with Gasteiger partial charge in [-0.2, -0.15) is 0 Å². The third-order valence-corrected chi connectivity index (χ3v) is 3.45. The summed E-state index contributed by atoms with van der Waals surface area (Å²) in [7, 11) is 0. The van der Waals surface area contributed by atoms with Crippen molar-refractivity contribution in [2.45, 2.75) is 20.3 Å². The number of carbonyl (C=O) groups is 1. The highest BCUT2D eigenvalue weighted by molar-refractivity contribution is 5.94. The molecule has 1 amide bonds. The Balaban J connectivity index is 2.03. The van der Waals surface area contributed by atoms with E-state index in [1.807, 2.05) is 61.2 Å². The first-order chi connectivity index (χ1) is 9.70. The van der Waals surface area contributed by atoms with Crippen LogP contribution in [0, 0.1) is 6.92 Å². The minimum absolute atomic E-state index is 0.118. The number of likely N-dealkylation sites (N-methyl/N-ethyl adjacent to an activating group) is 1. The van der Waals surface area contributed by atoms with E-state index < -0.39 is 0 Å². The molecular formula is C18H21NO. The number of hydrogen-bond acceptors (Lipinski definition) is 1. The Hall–Kier alpha value is -2.09. The third kappa shape index (κ3) is 3.70. The van der Waals surface area contributed by atoms with Gasteiger partial charge in [-0.25, -0.2) is 0 Å². The minimum atomic E-state index is 0.118. The molecule has 2 aromatic carbocycles. The van der Waals surface area contributed by atoms with Crippen LogP contribution in [-0.2, 0) is 6.42 Å². The van der Waals surface area contributed by atoms with Crippen molar-refractivity contribution < 1.29 is 4.79 Å². The first-order valence-electron chi connectivity index (χ1n) is 7.10. The van der Waals surface area contributed by atoms with E-state index in [0.717, 1.165) is 30.6 Å². The molecular weight excluding hydrogens is 246 g/mol. The zero-order chi connectivity index (χ0) is 14.4. The smallest absolute Gasteiger partial charge is 0.253 e. The van der Waals surface area contributed by atoms with E-state index in [4.69, 9.17) is 0 Å². The molecule has 0 aromatic heterocycles. The molecule has 0 aliphatic heterocycles. The Bertz CT molecular complexity index is 563. The van der Waals surface area contributed by atoms with Crippen molar-refractivity contribution >= 4 is 5.91 Å². The third-order valence-electron chi connectivity index (χ3n) is 3.45. The van der Waals surface area contributed by atoms with E-state index in [1.165, 1.54) is 5.56 Å². The summed E-state index contributed by atoms with van der Waals surface area (Å²) in [6.45, 7) is 5.53. The van der Waals surface area contributed by atoms with Crippen molar-refractivity contribution in [3.63, 3.8) is 0 Å². The van der Waals surface area contributed by atoms with E-state index in [-0.39, 0.29) is 5.91 Å². The Morgan fingerprint density at radius 2 is 1.80 bits per heavy atom. The lowest BCUT2D eigenvalue weighted by Gasteiger charge is -2.21. The Morgan fingerprint density at radius 1 is 1.05 bits per heavy atom. The van der Waals surface area contributed by atoms with Crippen LogP contribution in [0.3, 0.4) is 0 Å². The molecule has 0 N–H and O–H groups in total. The van der Waals surface area contributed by atoms with Crippen molar-refractivity contribution in [1.82, 2.24) is 4.90 Å². The Morgan fingerprint density at radius 3 is 2.45 bits per heavy atom. The predicted molar refractivity (Wildman–Crippen MR) is 82.9 cm³/mol. The zero-order valence-corrected chi connectivity index (χ0v) is 12.2. The second-order valence-corrected chi connectivity index (χ2v) is 4.99. The summed E-state index contributed by atoms with van der Waals surface area (Å²) in [5.41, 5.74) is 3.16. The van der Waals surface area contributed by atoms with Crippen molar-refractivity contribution in [2.24, 2.45) is 0 Å². The maximum absolute atomic E-state index is 12.5. The number of hydrogen-bond donors (Lipinski definition) is 0. The van der Waals surface area contributed by atoms with E-state index in [1.54, 1.807) is 0 Å². The molecule has 104 valence electrons. The van der Waals surface area contributed by atoms with Crippen molar-refractivity contribution in [1.29, 1.82) is 0 Å². The van der Waals surface area contributed by atoms with Crippen LogP contribution in [0.1, 0.15) is 28.4 Å². The van der Waals surface area contributed by atoms with Gasteiger partial charge in [-0.05, 0) is 38.0 Å². The van der Waals surface area contributed by atoms with Crippen molar-refractivity contribution in [3.05, 3.63) is 71.3 Å². The molecule has 20 heavy (non-hydrogen) atoms. The molecule has 0 saturated carbocycles. The van der Waals surface area contributed by atoms with Crippen molar-refractivity contribution in [2.75, 3.05) is 13.1 Å². The van der Waals surface area contributed by atoms with Crippen LogP contribution in [0.4, 0.5) is 0 Å². The van der Waals surface area contributed by atoms with Gasteiger partial charge < -0.3 is 4.90 Å². The maximum atomic E-state index is 12.5. The van der Waals surface area contributed by atoms with Crippen LogP contribution in [0.2, 0.25) is 0 Å². The summed E-state index contributed by atoms with van der Waals surface area (Å²) in [5, 5.41) is 0. The molecule has 0 aliphatic carbocycles. The number of nitrogens with zero attached hydrogens (tertiary/aromatic N) is 1. The minimum Gasteiger partial charge on any atom is -0.339 e. The number of aryl methyl sites for hydroxylation is 1. The van der Waals surface area contributed by atoms with E-state index in [9.17, 15) is 4.79 Å². The molecule has 0 radical (unpaired) electrons. The summed E-state index contributed by atoms with van der Waals surface area (Å²) >= 11 is 0. The highest BCUT2D eigenvalue weighted by atomic mass is 16.2. The quantitative estimate of drug-likeness (QED) is 0.809. The topological polar surface area (TPSA) is 20.3 Å². The number of rotatable bonds is 5. The van der Waals surface area contributed by atoms with E-state index in [2.05, 4.69) is 12.1 Å². The molecule has 0 aliphatic rings. The molecule has 2 heteroatoms. The fraction of sp³-hybridized carbons (Fsp3) is 0.278. The van der Waals surface area contributed by atoms with Crippen molar-refractivity contribution in [3.8, 4) is 0 Å². The van der Waals surface area contributed by atoms with E-state index in [0.29, 0.717) is 0 Å². The largest absolute Gasteiger partial charge is 0.339 e. The fourth-order valence-electron chi connectivity index (χ4n) is 2.27. The number of amides is 1. The lowest BCUT2D eigenvalue weighted by Crippen LogP contribution is -2.32. The van der Waals surface area contributed by atoms with Crippen LogP contribution < -0.4 is 0 Å². The first-order valence-corrected chi connectivity index (χ1v) is 7.10. The van der Waals surface area contributed by atoms with Gasteiger partial charge in [0, 0.05) is 18.7 Å². The SMILES string of the molecule is CCN(CCc1ccccc1)C(=O)c1cccc(C)c1. The maximum Gasteiger partial charge on any atom is 0.253 e. The summed E-state index contributed by atoms with van der Waals surface area (Å²) in [5.74, 6) is 0.118. The van der Waals surface area contributed by atoms with Gasteiger partial charge in [0.15, 0.2) is 0 Å². The Kier molecular flexibility index (Phi) is 4.94. The average Bonchev–Trinajstić information content (AvgIpc) is 2.48. The van der Waals surface area contributed by atoms with Gasteiger partial charge in [0.2, 0.25) is 0 Å². The van der Waals surface area contributed by atoms with Gasteiger partial charge in [0.1, 0.15) is 0 Å². The van der Waals surface area contributed by atoms with Gasteiger partial charge in [0.25, 0.3) is 5.91 Å². The van der Waals surface area contributed by atoms with E-state index >= 15 is 0 Å². The van der Waals surface area contributed by atoms with Gasteiger partial charge in [-0.15, -0.1) is 0 Å². The molecule has 0 saturated heterocycles. The molecule has 0 heterocycles. The number of carbonyl (C=O) groups excluding carboxylic acids is 1. The molecule has 2 aromatic rings. The second kappa shape index (κ2) is 6.90. The monoisotopic (exact) mass is 267 g/mol. The fourth-order valence-corrected chi connectivity index (χ4v) is 2.27. The first kappa shape index (κ1) is 14.3. The normalized spacial score (nSPS) is 10.3. The van der Waals surface area contributed by atoms with Crippen LogP contribution in [-0.4, -0.2) is 23.9 Å². The molecule has 2 nitrogen and oxygen atoms in total. The lowest BCUT2D eigenvalue weighted by atomic mass is 10.1. The van der Waals surface area contributed by atoms with Crippen LogP contribution in [0.15, 0.2) is 54.6 Å². The Labute approximate surface area is 121 Å². The standard InChI is InChI=1S/C18H21NO/c1-3-19(13-12-16-9-5-4-6-10-16)18(20)17-11-7-8-15(2)14-17/h4-11,14H,3,12-13H2,1-2H3. The van der Waals surface area contributed by atoms with Crippen LogP contribution >= 0.6 is 0 Å². The van der Waals surface area contributed by atoms with Gasteiger partial charge >= 0.3 is 0 Å². The van der Waals surface area contributed by atoms with Crippen LogP contribution in [0.25, 0.3) is 0 Å². The molecule has 0 bridgehead atoms. The summed E-state index contributed by atoms with van der Waals surface area (Å²) < 4.78 is 0. The molecule has 0 unspecified atom stereocenters. The molecule has 0 fully saturated rings. The summed E-state index contributed by atoms with van der Waals surface area (Å²) in [6, 6.07) is 18.1. The molecule has 0 spiro atoms.